The van der Waals surface area contributed by atoms with Crippen molar-refractivity contribution < 1.29 is 52.3 Å². The number of esters is 3. The fourth-order valence-corrected chi connectivity index (χ4v) is 9.11. The number of hydrogen-bond donors (Lipinski definition) is 0. The van der Waals surface area contributed by atoms with Gasteiger partial charge in [-0.15, -0.1) is 0 Å². The summed E-state index contributed by atoms with van der Waals surface area (Å²) in [4.78, 5) is 40.7. The lowest BCUT2D eigenvalue weighted by molar-refractivity contribution is -0.128. The van der Waals surface area contributed by atoms with Crippen LogP contribution in [-0.4, -0.2) is 75.4 Å². The summed E-state index contributed by atoms with van der Waals surface area (Å²) < 4.78 is 46.6. The minimum Gasteiger partial charge on any atom is -0.494 e. The minimum absolute atomic E-state index is 0.0512. The molecule has 3 fully saturated rings. The molecule has 0 amide bonds. The van der Waals surface area contributed by atoms with Crippen molar-refractivity contribution in [1.29, 1.82) is 0 Å². The van der Waals surface area contributed by atoms with Gasteiger partial charge in [0.25, 0.3) is 0 Å². The van der Waals surface area contributed by atoms with E-state index in [1.165, 1.54) is 48.7 Å². The van der Waals surface area contributed by atoms with Gasteiger partial charge in [-0.1, -0.05) is 103 Å². The van der Waals surface area contributed by atoms with Crippen LogP contribution in [0.2, 0.25) is 0 Å². The molecule has 0 aromatic heterocycles. The summed E-state index contributed by atoms with van der Waals surface area (Å²) in [6, 6.07) is 47.1. The Balaban J connectivity index is 0.746. The fraction of sp³-hybridized carbons (Fsp3) is 0.338. The van der Waals surface area contributed by atoms with Gasteiger partial charge in [-0.25, -0.2) is 14.4 Å². The number of aryl methyl sites for hydroxylation is 1. The van der Waals surface area contributed by atoms with Gasteiger partial charge in [-0.05, 0) is 165 Å². The number of benzene rings is 6. The molecule has 392 valence electrons. The summed E-state index contributed by atoms with van der Waals surface area (Å²) in [6.07, 6.45) is 11.6. The monoisotopic (exact) mass is 1020 g/mol. The second kappa shape index (κ2) is 26.9. The van der Waals surface area contributed by atoms with E-state index < -0.39 is 30.1 Å². The number of ether oxygens (including phenoxy) is 8. The maximum atomic E-state index is 13.9. The van der Waals surface area contributed by atoms with Crippen molar-refractivity contribution in [1.82, 2.24) is 0 Å². The van der Waals surface area contributed by atoms with Crippen LogP contribution in [0.15, 0.2) is 164 Å². The molecule has 0 radical (unpaired) electrons. The van der Waals surface area contributed by atoms with Gasteiger partial charge in [-0.3, -0.25) is 0 Å². The highest BCUT2D eigenvalue weighted by molar-refractivity contribution is 5.91. The first-order chi connectivity index (χ1) is 37.2. The highest BCUT2D eigenvalue weighted by atomic mass is 16.6. The lowest BCUT2D eigenvalue weighted by Gasteiger charge is -2.28. The lowest BCUT2D eigenvalue weighted by Crippen LogP contribution is -2.23. The van der Waals surface area contributed by atoms with Crippen LogP contribution in [0.25, 0.3) is 6.08 Å². The zero-order chi connectivity index (χ0) is 52.4. The SMILES string of the molecule is CC1(COCCCCCCOc2ccc(C#Cc3ccc(C(=O)OC(c4ccccc4)C(OC(=O)c4ccc(OC(=O)C=Cc5ccc(CCCOCC6CCC7OC7C6)cc5)cc4)c4ccccc4)cc3)cc2)CO1. The van der Waals surface area contributed by atoms with Crippen LogP contribution in [0.1, 0.15) is 125 Å². The van der Waals surface area contributed by atoms with Crippen LogP contribution < -0.4 is 9.47 Å². The standard InChI is InChI=1S/C65H66O11/c1-65(46-72-65)45-70-40-10-2-3-11-42-71-56-34-26-50(27-35-56)23-22-49-24-30-54(31-25-49)63(67)75-61(52-14-6-4-7-15-52)62(53-16-8-5-9-17-53)76-64(68)55-32-36-57(37-33-55)73-60(66)39-29-48-20-18-47(19-21-48)13-12-41-69-44-51-28-38-58-59(43-51)74-58/h4-9,14-21,24-27,29-37,39,51,58-59,61-62H,2-3,10-13,28,38,40-46H2,1H3. The number of fused-ring (bicyclic) bond motifs is 1. The predicted molar refractivity (Wildman–Crippen MR) is 290 cm³/mol. The van der Waals surface area contributed by atoms with Gasteiger partial charge in [0.15, 0.2) is 12.2 Å². The van der Waals surface area contributed by atoms with Crippen molar-refractivity contribution in [3.8, 4) is 23.3 Å². The molecule has 1 aliphatic carbocycles. The molecule has 6 atom stereocenters. The molecule has 6 aromatic rings. The van der Waals surface area contributed by atoms with E-state index in [1.807, 2.05) is 97.1 Å². The third-order valence-electron chi connectivity index (χ3n) is 13.7. The van der Waals surface area contributed by atoms with Crippen molar-refractivity contribution in [2.75, 3.05) is 39.6 Å². The molecule has 3 aliphatic rings. The Morgan fingerprint density at radius 2 is 1.18 bits per heavy atom. The molecule has 0 spiro atoms. The molecule has 0 bridgehead atoms. The predicted octanol–water partition coefficient (Wildman–Crippen LogP) is 12.5. The zero-order valence-corrected chi connectivity index (χ0v) is 43.1. The summed E-state index contributed by atoms with van der Waals surface area (Å²) >= 11 is 0. The first kappa shape index (κ1) is 53.5. The number of epoxide rings is 2. The largest absolute Gasteiger partial charge is 0.494 e. The molecule has 2 aliphatic heterocycles. The van der Waals surface area contributed by atoms with Crippen LogP contribution in [0.3, 0.4) is 0 Å². The molecule has 11 nitrogen and oxygen atoms in total. The van der Waals surface area contributed by atoms with Crippen LogP contribution in [-0.2, 0) is 39.6 Å². The van der Waals surface area contributed by atoms with E-state index >= 15 is 0 Å². The molecule has 1 saturated carbocycles. The van der Waals surface area contributed by atoms with E-state index in [0.717, 1.165) is 93.8 Å². The van der Waals surface area contributed by atoms with Crippen LogP contribution in [0, 0.1) is 17.8 Å². The highest BCUT2D eigenvalue weighted by Crippen LogP contribution is 2.40. The number of carbonyl (C=O) groups is 3. The summed E-state index contributed by atoms with van der Waals surface area (Å²) in [5.41, 5.74) is 5.35. The second-order valence-corrected chi connectivity index (χ2v) is 20.0. The van der Waals surface area contributed by atoms with Gasteiger partial charge < -0.3 is 37.9 Å². The average molecular weight is 1020 g/mol. The molecule has 2 saturated heterocycles. The van der Waals surface area contributed by atoms with Crippen LogP contribution in [0.5, 0.6) is 11.5 Å². The first-order valence-electron chi connectivity index (χ1n) is 26.6. The first-order valence-corrected chi connectivity index (χ1v) is 26.6. The molecule has 0 N–H and O–H groups in total. The molecule has 76 heavy (non-hydrogen) atoms. The van der Waals surface area contributed by atoms with Gasteiger partial charge in [0.2, 0.25) is 0 Å². The topological polar surface area (TPSA) is 132 Å². The highest BCUT2D eigenvalue weighted by Gasteiger charge is 2.44. The quantitative estimate of drug-likeness (QED) is 0.0128. The third-order valence-corrected chi connectivity index (χ3v) is 13.7. The van der Waals surface area contributed by atoms with E-state index in [0.29, 0.717) is 48.0 Å². The normalized spacial score (nSPS) is 19.0. The van der Waals surface area contributed by atoms with E-state index in [4.69, 9.17) is 37.9 Å². The van der Waals surface area contributed by atoms with Crippen molar-refractivity contribution in [2.24, 2.45) is 5.92 Å². The van der Waals surface area contributed by atoms with Crippen molar-refractivity contribution in [3.05, 3.63) is 208 Å². The van der Waals surface area contributed by atoms with Gasteiger partial charge in [0.05, 0.1) is 43.2 Å². The van der Waals surface area contributed by atoms with E-state index in [1.54, 1.807) is 30.3 Å². The number of rotatable bonds is 26. The number of hydrogen-bond acceptors (Lipinski definition) is 11. The van der Waals surface area contributed by atoms with Gasteiger partial charge in [0, 0.05) is 37.0 Å². The van der Waals surface area contributed by atoms with E-state index in [-0.39, 0.29) is 16.9 Å². The van der Waals surface area contributed by atoms with Gasteiger partial charge in [-0.2, -0.15) is 0 Å². The van der Waals surface area contributed by atoms with Crippen molar-refractivity contribution in [3.63, 3.8) is 0 Å². The molecule has 11 heteroatoms. The van der Waals surface area contributed by atoms with Crippen molar-refractivity contribution in [2.45, 2.75) is 94.7 Å². The number of unbranched alkanes of at least 4 members (excludes halogenated alkanes) is 3. The Kier molecular flexibility index (Phi) is 19.0. The second-order valence-electron chi connectivity index (χ2n) is 20.0. The summed E-state index contributed by atoms with van der Waals surface area (Å²) in [7, 11) is 0. The summed E-state index contributed by atoms with van der Waals surface area (Å²) in [5, 5.41) is 0. The molecule has 6 unspecified atom stereocenters. The molecular weight excluding hydrogens is 957 g/mol. The molecule has 9 rings (SSSR count). The maximum absolute atomic E-state index is 13.9. The third kappa shape index (κ3) is 16.6. The van der Waals surface area contributed by atoms with Crippen LogP contribution in [0.4, 0.5) is 0 Å². The molecule has 6 aromatic carbocycles. The maximum Gasteiger partial charge on any atom is 0.338 e. The van der Waals surface area contributed by atoms with Gasteiger partial charge in [0.1, 0.15) is 17.1 Å². The fourth-order valence-electron chi connectivity index (χ4n) is 9.11. The number of carbonyl (C=O) groups excluding carboxylic acids is 3. The summed E-state index contributed by atoms with van der Waals surface area (Å²) in [6.45, 7) is 6.50. The molecule has 2 heterocycles. The van der Waals surface area contributed by atoms with Gasteiger partial charge >= 0.3 is 17.9 Å². The van der Waals surface area contributed by atoms with E-state index in [2.05, 4.69) is 30.9 Å². The van der Waals surface area contributed by atoms with E-state index in [9.17, 15) is 14.4 Å². The Bertz CT molecular complexity index is 2880. The summed E-state index contributed by atoms with van der Waals surface area (Å²) in [5.74, 6) is 6.21. The Labute approximate surface area is 446 Å². The smallest absolute Gasteiger partial charge is 0.338 e. The minimum atomic E-state index is -1.03. The molecular formula is C65H66O11. The Morgan fingerprint density at radius 3 is 1.79 bits per heavy atom. The average Bonchev–Trinajstić information content (AvgIpc) is 4.40. The van der Waals surface area contributed by atoms with Crippen molar-refractivity contribution >= 4 is 24.0 Å². The Morgan fingerprint density at radius 1 is 0.618 bits per heavy atom. The zero-order valence-electron chi connectivity index (χ0n) is 43.1. The van der Waals surface area contributed by atoms with Crippen LogP contribution >= 0.6 is 0 Å². The Hall–Kier alpha value is -7.33. The lowest BCUT2D eigenvalue weighted by atomic mass is 9.90.